The molecule has 1 aliphatic heterocycles. The summed E-state index contributed by atoms with van der Waals surface area (Å²) in [6, 6.07) is 13.7. The molecule has 0 aromatic heterocycles. The first-order valence-electron chi connectivity index (χ1n) is 9.51. The molecule has 1 heterocycles. The van der Waals surface area contributed by atoms with Crippen LogP contribution in [0.4, 0.5) is 5.69 Å². The third-order valence-corrected chi connectivity index (χ3v) is 5.15. The van der Waals surface area contributed by atoms with Gasteiger partial charge >= 0.3 is 0 Å². The minimum atomic E-state index is 0.0994. The fourth-order valence-corrected chi connectivity index (χ4v) is 3.46. The Labute approximate surface area is 167 Å². The van der Waals surface area contributed by atoms with Gasteiger partial charge in [0, 0.05) is 63.6 Å². The van der Waals surface area contributed by atoms with Crippen molar-refractivity contribution in [3.63, 3.8) is 0 Å². The average Bonchev–Trinajstić information content (AvgIpc) is 2.73. The van der Waals surface area contributed by atoms with Crippen molar-refractivity contribution in [2.45, 2.75) is 6.54 Å². The van der Waals surface area contributed by atoms with E-state index >= 15 is 0 Å². The van der Waals surface area contributed by atoms with E-state index in [1.54, 1.807) is 14.2 Å². The lowest BCUT2D eigenvalue weighted by atomic mass is 10.1. The molecular weight excluding hydrogens is 354 g/mol. The summed E-state index contributed by atoms with van der Waals surface area (Å²) in [6.45, 7) is 3.88. The topological polar surface area (TPSA) is 45.3 Å². The van der Waals surface area contributed by atoms with E-state index in [0.717, 1.165) is 61.0 Å². The number of hydrogen-bond donors (Lipinski definition) is 0. The Morgan fingerprint density at radius 1 is 1.00 bits per heavy atom. The van der Waals surface area contributed by atoms with E-state index in [-0.39, 0.29) is 5.91 Å². The largest absolute Gasteiger partial charge is 0.497 e. The fourth-order valence-electron chi connectivity index (χ4n) is 3.46. The van der Waals surface area contributed by atoms with Gasteiger partial charge in [-0.15, -0.1) is 0 Å². The molecular formula is C22H29N3O3. The van der Waals surface area contributed by atoms with Gasteiger partial charge in [0.1, 0.15) is 11.5 Å². The van der Waals surface area contributed by atoms with Gasteiger partial charge in [0.05, 0.1) is 14.2 Å². The fraction of sp³-hybridized carbons (Fsp3) is 0.409. The summed E-state index contributed by atoms with van der Waals surface area (Å²) in [4.78, 5) is 19.2. The van der Waals surface area contributed by atoms with E-state index in [1.807, 2.05) is 66.4 Å². The normalized spacial score (nSPS) is 14.6. The van der Waals surface area contributed by atoms with Crippen LogP contribution in [0.5, 0.6) is 11.5 Å². The predicted octanol–water partition coefficient (Wildman–Crippen LogP) is 2.73. The van der Waals surface area contributed by atoms with Crippen molar-refractivity contribution in [1.82, 2.24) is 9.80 Å². The molecule has 1 fully saturated rings. The van der Waals surface area contributed by atoms with Gasteiger partial charge in [0.15, 0.2) is 0 Å². The smallest absolute Gasteiger partial charge is 0.254 e. The summed E-state index contributed by atoms with van der Waals surface area (Å²) in [6.07, 6.45) is 0. The Kier molecular flexibility index (Phi) is 6.41. The molecule has 2 aromatic carbocycles. The summed E-state index contributed by atoms with van der Waals surface area (Å²) < 4.78 is 10.8. The van der Waals surface area contributed by atoms with Gasteiger partial charge in [-0.1, -0.05) is 6.07 Å². The zero-order valence-corrected chi connectivity index (χ0v) is 17.1. The molecule has 0 saturated carbocycles. The van der Waals surface area contributed by atoms with Gasteiger partial charge in [-0.25, -0.2) is 0 Å². The molecule has 0 bridgehead atoms. The van der Waals surface area contributed by atoms with Crippen LogP contribution >= 0.6 is 0 Å². The first-order valence-corrected chi connectivity index (χ1v) is 9.51. The second kappa shape index (κ2) is 8.97. The lowest BCUT2D eigenvalue weighted by molar-refractivity contribution is 0.0627. The summed E-state index contributed by atoms with van der Waals surface area (Å²) in [5, 5.41) is 0. The summed E-state index contributed by atoms with van der Waals surface area (Å²) >= 11 is 0. The van der Waals surface area contributed by atoms with Crippen LogP contribution in [0.2, 0.25) is 0 Å². The molecule has 1 saturated heterocycles. The molecule has 0 atom stereocenters. The van der Waals surface area contributed by atoms with Gasteiger partial charge in [-0.2, -0.15) is 0 Å². The molecule has 0 unspecified atom stereocenters. The van der Waals surface area contributed by atoms with Crippen molar-refractivity contribution < 1.29 is 14.3 Å². The second-order valence-corrected chi connectivity index (χ2v) is 7.19. The van der Waals surface area contributed by atoms with Crippen molar-refractivity contribution in [2.24, 2.45) is 0 Å². The van der Waals surface area contributed by atoms with E-state index in [0.29, 0.717) is 0 Å². The second-order valence-electron chi connectivity index (χ2n) is 7.19. The minimum Gasteiger partial charge on any atom is -0.497 e. The molecule has 0 N–H and O–H groups in total. The van der Waals surface area contributed by atoms with E-state index in [2.05, 4.69) is 4.90 Å². The maximum atomic E-state index is 12.9. The zero-order valence-electron chi connectivity index (χ0n) is 17.1. The number of amides is 1. The van der Waals surface area contributed by atoms with E-state index in [9.17, 15) is 4.79 Å². The monoisotopic (exact) mass is 383 g/mol. The number of nitrogens with zero attached hydrogens (tertiary/aromatic N) is 3. The lowest BCUT2D eigenvalue weighted by Crippen LogP contribution is -2.48. The molecule has 6 nitrogen and oxygen atoms in total. The number of piperazine rings is 1. The number of carbonyl (C=O) groups is 1. The van der Waals surface area contributed by atoms with Crippen molar-refractivity contribution in [2.75, 3.05) is 59.4 Å². The Balaban J connectivity index is 1.62. The summed E-state index contributed by atoms with van der Waals surface area (Å²) in [7, 11) is 7.31. The highest BCUT2D eigenvalue weighted by atomic mass is 16.5. The maximum absolute atomic E-state index is 12.9. The summed E-state index contributed by atoms with van der Waals surface area (Å²) in [5.74, 6) is 1.78. The van der Waals surface area contributed by atoms with Gasteiger partial charge in [-0.05, 0) is 36.4 Å². The number of carbonyl (C=O) groups excluding carboxylic acids is 1. The van der Waals surface area contributed by atoms with Crippen LogP contribution < -0.4 is 14.4 Å². The first kappa shape index (κ1) is 20.0. The van der Waals surface area contributed by atoms with Crippen LogP contribution in [0.25, 0.3) is 0 Å². The number of hydrogen-bond acceptors (Lipinski definition) is 5. The SMILES string of the molecule is COc1ccc(OC)c(CN2CCN(C(=O)c3cccc(N(C)C)c3)CC2)c1. The average molecular weight is 383 g/mol. The number of methoxy groups -OCH3 is 2. The molecule has 1 aliphatic rings. The van der Waals surface area contributed by atoms with Crippen molar-refractivity contribution in [3.05, 3.63) is 53.6 Å². The molecule has 150 valence electrons. The Hall–Kier alpha value is -2.73. The highest BCUT2D eigenvalue weighted by Crippen LogP contribution is 2.26. The molecule has 0 aliphatic carbocycles. The van der Waals surface area contributed by atoms with E-state index < -0.39 is 0 Å². The molecule has 28 heavy (non-hydrogen) atoms. The van der Waals surface area contributed by atoms with Gasteiger partial charge in [0.25, 0.3) is 5.91 Å². The Morgan fingerprint density at radius 2 is 1.75 bits per heavy atom. The number of ether oxygens (including phenoxy) is 2. The third kappa shape index (κ3) is 4.57. The minimum absolute atomic E-state index is 0.0994. The molecule has 6 heteroatoms. The highest BCUT2D eigenvalue weighted by Gasteiger charge is 2.23. The molecule has 0 spiro atoms. The molecule has 1 amide bonds. The van der Waals surface area contributed by atoms with E-state index in [1.165, 1.54) is 0 Å². The van der Waals surface area contributed by atoms with E-state index in [4.69, 9.17) is 9.47 Å². The van der Waals surface area contributed by atoms with Crippen LogP contribution in [-0.4, -0.2) is 70.2 Å². The third-order valence-electron chi connectivity index (χ3n) is 5.15. The van der Waals surface area contributed by atoms with Gasteiger partial charge < -0.3 is 19.3 Å². The number of anilines is 1. The number of rotatable bonds is 6. The number of benzene rings is 2. The van der Waals surface area contributed by atoms with Crippen LogP contribution in [-0.2, 0) is 6.54 Å². The van der Waals surface area contributed by atoms with Crippen LogP contribution in [0.3, 0.4) is 0 Å². The van der Waals surface area contributed by atoms with Gasteiger partial charge in [-0.3, -0.25) is 9.69 Å². The first-order chi connectivity index (χ1) is 13.5. The standard InChI is InChI=1S/C22H29N3O3/c1-23(2)19-7-5-6-17(14-19)22(26)25-12-10-24(11-13-25)16-18-15-20(27-3)8-9-21(18)28-4/h5-9,14-15H,10-13,16H2,1-4H3. The predicted molar refractivity (Wildman–Crippen MR) is 111 cm³/mol. The van der Waals surface area contributed by atoms with Crippen molar-refractivity contribution in [1.29, 1.82) is 0 Å². The Bertz CT molecular complexity index is 814. The quantitative estimate of drug-likeness (QED) is 0.768. The maximum Gasteiger partial charge on any atom is 0.254 e. The van der Waals surface area contributed by atoms with Crippen molar-refractivity contribution in [3.8, 4) is 11.5 Å². The van der Waals surface area contributed by atoms with Crippen LogP contribution in [0, 0.1) is 0 Å². The molecule has 2 aromatic rings. The highest BCUT2D eigenvalue weighted by molar-refractivity contribution is 5.95. The summed E-state index contributed by atoms with van der Waals surface area (Å²) in [5.41, 5.74) is 2.88. The zero-order chi connectivity index (χ0) is 20.1. The molecule has 3 rings (SSSR count). The Morgan fingerprint density at radius 3 is 2.39 bits per heavy atom. The lowest BCUT2D eigenvalue weighted by Gasteiger charge is -2.35. The molecule has 0 radical (unpaired) electrons. The van der Waals surface area contributed by atoms with Gasteiger partial charge in [0.2, 0.25) is 0 Å². The van der Waals surface area contributed by atoms with Crippen LogP contribution in [0.1, 0.15) is 15.9 Å². The van der Waals surface area contributed by atoms with Crippen molar-refractivity contribution >= 4 is 11.6 Å². The van der Waals surface area contributed by atoms with Crippen LogP contribution in [0.15, 0.2) is 42.5 Å².